The summed E-state index contributed by atoms with van der Waals surface area (Å²) in [5.41, 5.74) is -3.72. The van der Waals surface area contributed by atoms with Gasteiger partial charge in [0.25, 0.3) is 0 Å². The predicted molar refractivity (Wildman–Crippen MR) is 273 cm³/mol. The number of rotatable bonds is 54. The average Bonchev–Trinajstić information content (AvgIpc) is 3.50. The Labute approximate surface area is 477 Å². The molecule has 83 heavy (non-hydrogen) atoms. The van der Waals surface area contributed by atoms with E-state index < -0.39 is 125 Å². The van der Waals surface area contributed by atoms with Gasteiger partial charge in [-0.1, -0.05) is 0 Å². The third-order valence-electron chi connectivity index (χ3n) is 10.7. The van der Waals surface area contributed by atoms with Crippen molar-refractivity contribution < 1.29 is 130 Å². The third-order valence-corrected chi connectivity index (χ3v) is 10.7. The zero-order chi connectivity index (χ0) is 62.3. The molecular weight excluding hydrogens is 1150 g/mol. The monoisotopic (exact) mass is 1230 g/mol. The maximum absolute atomic E-state index is 14.1. The first-order valence-corrected chi connectivity index (χ1v) is 26.5. The van der Waals surface area contributed by atoms with Gasteiger partial charge in [0.2, 0.25) is 35.4 Å². The topological polar surface area (TPSA) is 268 Å². The van der Waals surface area contributed by atoms with E-state index in [1.54, 1.807) is 0 Å². The first-order chi connectivity index (χ1) is 39.4. The van der Waals surface area contributed by atoms with Gasteiger partial charge in [-0.3, -0.25) is 28.8 Å². The lowest BCUT2D eigenvalue weighted by atomic mass is 9.78. The smallest absolute Gasteiger partial charge is 0.382 e. The quantitative estimate of drug-likeness (QED) is 0.0561. The van der Waals surface area contributed by atoms with Gasteiger partial charge in [0.1, 0.15) is 32.8 Å². The number of alkyl halides is 9. The molecule has 488 valence electrons. The van der Waals surface area contributed by atoms with Crippen LogP contribution in [0.25, 0.3) is 0 Å². The van der Waals surface area contributed by atoms with E-state index in [4.69, 9.17) is 61.6 Å². The van der Waals surface area contributed by atoms with Gasteiger partial charge in [-0.15, -0.1) is 0 Å². The summed E-state index contributed by atoms with van der Waals surface area (Å²) >= 11 is 0. The fraction of sp³-hybridized carbons (Fsp3) is 0.878. The van der Waals surface area contributed by atoms with E-state index in [9.17, 15) is 68.3 Å². The molecule has 34 heteroatoms. The van der Waals surface area contributed by atoms with E-state index >= 15 is 0 Å². The number of amides is 6. The van der Waals surface area contributed by atoms with Crippen LogP contribution in [0.2, 0.25) is 0 Å². The number of nitrogens with one attached hydrogen (secondary N) is 3. The van der Waals surface area contributed by atoms with Gasteiger partial charge >= 0.3 is 18.5 Å². The Hall–Kier alpha value is -4.33. The number of hydrogen-bond acceptors (Lipinski definition) is 19. The summed E-state index contributed by atoms with van der Waals surface area (Å²) in [5.74, 6) is -6.30. The summed E-state index contributed by atoms with van der Waals surface area (Å²) in [6, 6.07) is 0. The molecule has 0 spiro atoms. The van der Waals surface area contributed by atoms with Crippen molar-refractivity contribution in [1.82, 2.24) is 30.7 Å². The molecule has 0 aromatic carbocycles. The van der Waals surface area contributed by atoms with Crippen molar-refractivity contribution in [3.05, 3.63) is 0 Å². The lowest BCUT2D eigenvalue weighted by Gasteiger charge is -2.36. The van der Waals surface area contributed by atoms with Crippen LogP contribution in [0.5, 0.6) is 0 Å². The summed E-state index contributed by atoms with van der Waals surface area (Å²) in [4.78, 5) is 82.9. The number of carbonyl (C=O) groups is 6. The van der Waals surface area contributed by atoms with Crippen molar-refractivity contribution >= 4 is 35.4 Å². The molecule has 0 rings (SSSR count). The summed E-state index contributed by atoms with van der Waals surface area (Å²) in [5, 5.41) is 7.46. The number of methoxy groups -OCH3 is 3. The molecule has 0 aliphatic heterocycles. The van der Waals surface area contributed by atoms with Gasteiger partial charge in [-0.05, 0) is 6.92 Å². The lowest BCUT2D eigenvalue weighted by Crippen LogP contribution is -2.53. The Kier molecular flexibility index (Phi) is 45.4. The minimum absolute atomic E-state index is 0.0131. The first-order valence-electron chi connectivity index (χ1n) is 26.5. The molecule has 6 amide bonds. The van der Waals surface area contributed by atoms with Crippen LogP contribution in [0.15, 0.2) is 0 Å². The molecule has 25 nitrogen and oxygen atoms in total. The van der Waals surface area contributed by atoms with E-state index in [0.717, 1.165) is 4.90 Å². The number of likely N-dealkylation sites (N-methyl/N-ethyl adjacent to an activating group) is 1. The van der Waals surface area contributed by atoms with Gasteiger partial charge < -0.3 is 92.2 Å². The maximum atomic E-state index is 14.1. The van der Waals surface area contributed by atoms with Crippen LogP contribution in [0, 0.1) is 5.41 Å². The second-order valence-corrected chi connectivity index (χ2v) is 17.8. The Morgan fingerprint density at radius 3 is 0.867 bits per heavy atom. The van der Waals surface area contributed by atoms with Crippen LogP contribution in [-0.2, 0) is 90.3 Å². The standard InChI is InChI=1S/C49H85F9N6O19/c1-5-62(30-40(65)59-6-9-74-18-21-80-27-24-77-15-12-71-2)43(68)33-64(45(70)35-83-39-46(36-47(50,51)52,37-48(53,54)55)38-49(56,57)58)34-44(69)63(31-41(66)60-7-10-75-19-22-81-28-25-78-16-13-72-3)32-42(67)61-8-11-76-20-23-82-29-26-79-17-14-73-4/h5-39H2,1-4H3,(H,59,65)(H,60,66)(H,61,67). The number of nitrogens with zero attached hydrogens (tertiary/aromatic N) is 3. The summed E-state index contributed by atoms with van der Waals surface area (Å²) in [6.45, 7) is -2.42. The summed E-state index contributed by atoms with van der Waals surface area (Å²) in [7, 11) is 4.58. The van der Waals surface area contributed by atoms with Crippen LogP contribution < -0.4 is 16.0 Å². The molecule has 0 aromatic rings. The van der Waals surface area contributed by atoms with E-state index in [1.807, 2.05) is 0 Å². The second kappa shape index (κ2) is 47.9. The molecular formula is C49H85F9N6O19. The molecule has 0 aromatic heterocycles. The molecule has 0 unspecified atom stereocenters. The molecule has 0 radical (unpaired) electrons. The fourth-order valence-corrected chi connectivity index (χ4v) is 6.96. The van der Waals surface area contributed by atoms with E-state index in [-0.39, 0.29) is 98.9 Å². The highest BCUT2D eigenvalue weighted by Crippen LogP contribution is 2.48. The summed E-state index contributed by atoms with van der Waals surface area (Å²) < 4.78 is 191. The largest absolute Gasteiger partial charge is 0.389 e. The van der Waals surface area contributed by atoms with Crippen molar-refractivity contribution in [2.45, 2.75) is 44.7 Å². The van der Waals surface area contributed by atoms with Gasteiger partial charge in [-0.25, -0.2) is 0 Å². The minimum atomic E-state index is -5.58. The van der Waals surface area contributed by atoms with Gasteiger partial charge in [0.05, 0.1) is 171 Å². The highest BCUT2D eigenvalue weighted by atomic mass is 19.4. The van der Waals surface area contributed by atoms with Crippen LogP contribution in [0.4, 0.5) is 39.5 Å². The molecule has 0 atom stereocenters. The normalized spacial score (nSPS) is 12.1. The number of ether oxygens (including phenoxy) is 13. The molecule has 0 saturated carbocycles. The van der Waals surface area contributed by atoms with Crippen LogP contribution in [0.3, 0.4) is 0 Å². The Balaban J connectivity index is 6.35. The zero-order valence-corrected chi connectivity index (χ0v) is 47.7. The molecule has 0 bridgehead atoms. The van der Waals surface area contributed by atoms with Crippen molar-refractivity contribution in [3.8, 4) is 0 Å². The molecule has 0 heterocycles. The molecule has 3 N–H and O–H groups in total. The predicted octanol–water partition coefficient (Wildman–Crippen LogP) is 0.789. The zero-order valence-electron chi connectivity index (χ0n) is 47.7. The number of halogens is 9. The first kappa shape index (κ1) is 78.7. The average molecular weight is 1230 g/mol. The van der Waals surface area contributed by atoms with Crippen molar-refractivity contribution in [2.75, 3.05) is 232 Å². The van der Waals surface area contributed by atoms with Crippen molar-refractivity contribution in [3.63, 3.8) is 0 Å². The maximum Gasteiger partial charge on any atom is 0.389 e. The Bertz CT molecular complexity index is 1650. The SMILES string of the molecule is CCN(CC(=O)NCCOCCOCCOCCOC)C(=O)CN(CC(=O)N(CC(=O)NCCOCCOCCOCCOC)CC(=O)NCCOCCOCCOCCOC)C(=O)COCC(CC(F)(F)F)(CC(F)(F)F)CC(F)(F)F. The van der Waals surface area contributed by atoms with E-state index in [1.165, 1.54) is 28.3 Å². The minimum Gasteiger partial charge on any atom is -0.382 e. The van der Waals surface area contributed by atoms with E-state index in [2.05, 4.69) is 16.0 Å². The van der Waals surface area contributed by atoms with Crippen LogP contribution >= 0.6 is 0 Å². The Morgan fingerprint density at radius 2 is 0.590 bits per heavy atom. The van der Waals surface area contributed by atoms with Gasteiger partial charge in [0.15, 0.2) is 0 Å². The number of carbonyl (C=O) groups excluding carboxylic acids is 6. The molecule has 0 aliphatic carbocycles. The highest BCUT2D eigenvalue weighted by Gasteiger charge is 2.54. The lowest BCUT2D eigenvalue weighted by molar-refractivity contribution is -0.235. The van der Waals surface area contributed by atoms with Crippen molar-refractivity contribution in [2.24, 2.45) is 5.41 Å². The molecule has 0 aliphatic rings. The third kappa shape index (κ3) is 47.6. The van der Waals surface area contributed by atoms with E-state index in [0.29, 0.717) is 75.9 Å². The summed E-state index contributed by atoms with van der Waals surface area (Å²) in [6.07, 6.45) is -24.7. The van der Waals surface area contributed by atoms with Gasteiger partial charge in [-0.2, -0.15) is 39.5 Å². The van der Waals surface area contributed by atoms with Crippen LogP contribution in [0.1, 0.15) is 26.2 Å². The molecule has 0 saturated heterocycles. The highest BCUT2D eigenvalue weighted by molar-refractivity contribution is 5.94. The molecule has 0 fully saturated rings. The fourth-order valence-electron chi connectivity index (χ4n) is 6.96. The number of hydrogen-bond donors (Lipinski definition) is 3. The Morgan fingerprint density at radius 1 is 0.337 bits per heavy atom. The van der Waals surface area contributed by atoms with Gasteiger partial charge in [0, 0.05) is 52.9 Å². The van der Waals surface area contributed by atoms with Crippen molar-refractivity contribution in [1.29, 1.82) is 0 Å². The second-order valence-electron chi connectivity index (χ2n) is 17.8. The van der Waals surface area contributed by atoms with Crippen LogP contribution in [-0.4, -0.2) is 301 Å².